The molecule has 0 spiro atoms. The fourth-order valence-electron chi connectivity index (χ4n) is 4.75. The van der Waals surface area contributed by atoms with Gasteiger partial charge in [0.1, 0.15) is 11.6 Å². The van der Waals surface area contributed by atoms with Crippen LogP contribution in [0.2, 0.25) is 0 Å². The molecule has 3 unspecified atom stereocenters. The number of likely N-dealkylation sites (tertiary alicyclic amines) is 2. The number of nitrogens with one attached hydrogen (secondary N) is 2. The third-order valence-electron chi connectivity index (χ3n) is 7.03. The van der Waals surface area contributed by atoms with Gasteiger partial charge in [-0.2, -0.15) is 0 Å². The highest BCUT2D eigenvalue weighted by atomic mass is 32.2. The summed E-state index contributed by atoms with van der Waals surface area (Å²) in [5.74, 6) is -0.704. The molecule has 0 bridgehead atoms. The van der Waals surface area contributed by atoms with Gasteiger partial charge in [-0.25, -0.2) is 0 Å². The molecule has 0 aromatic heterocycles. The van der Waals surface area contributed by atoms with Crippen LogP contribution >= 0.6 is 11.9 Å². The molecule has 2 aliphatic carbocycles. The maximum absolute atomic E-state index is 13.1. The molecule has 2 saturated heterocycles. The van der Waals surface area contributed by atoms with Gasteiger partial charge in [-0.05, 0) is 63.3 Å². The smallest absolute Gasteiger partial charge is 0.256 e. The van der Waals surface area contributed by atoms with E-state index in [9.17, 15) is 19.2 Å². The molecule has 2 aliphatic heterocycles. The molecule has 176 valence electrons. The molecular formula is C23H34N4O4S. The highest BCUT2D eigenvalue weighted by molar-refractivity contribution is 7.98. The monoisotopic (exact) mass is 462 g/mol. The Morgan fingerprint density at radius 1 is 0.969 bits per heavy atom. The predicted octanol–water partition coefficient (Wildman–Crippen LogP) is 1.76. The summed E-state index contributed by atoms with van der Waals surface area (Å²) in [4.78, 5) is 54.6. The molecule has 3 atom stereocenters. The van der Waals surface area contributed by atoms with Crippen LogP contribution in [0.15, 0.2) is 12.7 Å². The van der Waals surface area contributed by atoms with Crippen molar-refractivity contribution in [1.29, 1.82) is 0 Å². The van der Waals surface area contributed by atoms with Crippen LogP contribution in [0, 0.1) is 5.92 Å². The van der Waals surface area contributed by atoms with Gasteiger partial charge in [0.05, 0.1) is 0 Å². The fourth-order valence-corrected chi connectivity index (χ4v) is 5.58. The highest BCUT2D eigenvalue weighted by Gasteiger charge is 2.60. The van der Waals surface area contributed by atoms with Crippen LogP contribution in [0.25, 0.3) is 0 Å². The third-order valence-corrected chi connectivity index (χ3v) is 8.14. The van der Waals surface area contributed by atoms with E-state index < -0.39 is 11.6 Å². The number of carbonyl (C=O) groups excluding carboxylic acids is 4. The normalized spacial score (nSPS) is 29.4. The lowest BCUT2D eigenvalue weighted by atomic mass is 10.1. The molecule has 32 heavy (non-hydrogen) atoms. The Kier molecular flexibility index (Phi) is 7.12. The SMILES string of the molecule is C=CC1CC1(NC(=O)C1CCCN1C(=O)CCC(=O)N1CCCCC1)C(=O)NSC1CC1. The minimum atomic E-state index is -0.956. The number of carbonyl (C=O) groups is 4. The molecule has 2 N–H and O–H groups in total. The van der Waals surface area contributed by atoms with E-state index in [1.54, 1.807) is 11.0 Å². The topological polar surface area (TPSA) is 98.8 Å². The van der Waals surface area contributed by atoms with Crippen LogP contribution in [0.3, 0.4) is 0 Å². The number of hydrogen-bond acceptors (Lipinski definition) is 5. The molecule has 8 nitrogen and oxygen atoms in total. The van der Waals surface area contributed by atoms with Gasteiger partial charge in [-0.3, -0.25) is 23.9 Å². The maximum atomic E-state index is 13.1. The standard InChI is InChI=1S/C23H34N4O4S/c1-2-16-15-23(16,22(31)25-32-17-8-9-17)24-21(30)18-7-6-14-27(18)20(29)11-10-19(28)26-12-4-3-5-13-26/h2,16-18H,1,3-15H2,(H,24,30)(H,25,31). The van der Waals surface area contributed by atoms with Crippen molar-refractivity contribution in [2.24, 2.45) is 5.92 Å². The van der Waals surface area contributed by atoms with Gasteiger partial charge < -0.3 is 15.1 Å². The van der Waals surface area contributed by atoms with E-state index in [1.165, 1.54) is 11.9 Å². The molecule has 0 aromatic rings. The Bertz CT molecular complexity index is 780. The Hall–Kier alpha value is -2.03. The summed E-state index contributed by atoms with van der Waals surface area (Å²) in [6.07, 6.45) is 9.28. The summed E-state index contributed by atoms with van der Waals surface area (Å²) in [6, 6.07) is -0.584. The first kappa shape index (κ1) is 23.1. The zero-order valence-electron chi connectivity index (χ0n) is 18.6. The minimum absolute atomic E-state index is 0.0221. The molecule has 4 amide bonds. The quantitative estimate of drug-likeness (QED) is 0.402. The van der Waals surface area contributed by atoms with Crippen molar-refractivity contribution in [3.63, 3.8) is 0 Å². The third kappa shape index (κ3) is 5.13. The molecule has 9 heteroatoms. The van der Waals surface area contributed by atoms with Gasteiger partial charge in [0, 0.05) is 43.6 Å². The lowest BCUT2D eigenvalue weighted by Gasteiger charge is -2.28. The summed E-state index contributed by atoms with van der Waals surface area (Å²) >= 11 is 1.43. The van der Waals surface area contributed by atoms with Crippen molar-refractivity contribution in [1.82, 2.24) is 19.8 Å². The first-order valence-corrected chi connectivity index (χ1v) is 12.8. The van der Waals surface area contributed by atoms with Crippen LogP contribution in [0.4, 0.5) is 0 Å². The molecule has 2 heterocycles. The first-order valence-electron chi connectivity index (χ1n) is 11.9. The van der Waals surface area contributed by atoms with Crippen LogP contribution in [-0.4, -0.2) is 69.9 Å². The second-order valence-corrected chi connectivity index (χ2v) is 10.5. The second kappa shape index (κ2) is 9.85. The lowest BCUT2D eigenvalue weighted by Crippen LogP contribution is -2.55. The number of piperidine rings is 1. The van der Waals surface area contributed by atoms with Crippen molar-refractivity contribution in [3.05, 3.63) is 12.7 Å². The average Bonchev–Trinajstić information content (AvgIpc) is 3.72. The predicted molar refractivity (Wildman–Crippen MR) is 122 cm³/mol. The highest BCUT2D eigenvalue weighted by Crippen LogP contribution is 2.46. The van der Waals surface area contributed by atoms with Gasteiger partial charge in [-0.1, -0.05) is 6.08 Å². The summed E-state index contributed by atoms with van der Waals surface area (Å²) in [5, 5.41) is 3.43. The average molecular weight is 463 g/mol. The van der Waals surface area contributed by atoms with Crippen LogP contribution in [0.1, 0.15) is 64.2 Å². The lowest BCUT2D eigenvalue weighted by molar-refractivity contribution is -0.141. The summed E-state index contributed by atoms with van der Waals surface area (Å²) in [5.41, 5.74) is -0.956. The largest absolute Gasteiger partial charge is 0.343 e. The van der Waals surface area contributed by atoms with E-state index >= 15 is 0 Å². The van der Waals surface area contributed by atoms with E-state index in [0.717, 1.165) is 51.6 Å². The Labute approximate surface area is 194 Å². The van der Waals surface area contributed by atoms with E-state index in [0.29, 0.717) is 24.6 Å². The van der Waals surface area contributed by atoms with Crippen molar-refractivity contribution in [2.75, 3.05) is 19.6 Å². The molecule has 4 fully saturated rings. The van der Waals surface area contributed by atoms with Crippen LogP contribution < -0.4 is 10.0 Å². The van der Waals surface area contributed by atoms with Gasteiger partial charge >= 0.3 is 0 Å². The molecule has 4 aliphatic rings. The van der Waals surface area contributed by atoms with Crippen LogP contribution in [0.5, 0.6) is 0 Å². The van der Waals surface area contributed by atoms with Crippen molar-refractivity contribution < 1.29 is 19.2 Å². The second-order valence-electron chi connectivity index (χ2n) is 9.44. The number of amides is 4. The summed E-state index contributed by atoms with van der Waals surface area (Å²) in [7, 11) is 0. The van der Waals surface area contributed by atoms with Crippen LogP contribution in [-0.2, 0) is 19.2 Å². The van der Waals surface area contributed by atoms with E-state index in [1.807, 2.05) is 4.90 Å². The van der Waals surface area contributed by atoms with E-state index in [2.05, 4.69) is 16.6 Å². The zero-order valence-corrected chi connectivity index (χ0v) is 19.5. The first-order chi connectivity index (χ1) is 15.4. The zero-order chi connectivity index (χ0) is 22.7. The van der Waals surface area contributed by atoms with Gasteiger partial charge in [-0.15, -0.1) is 6.58 Å². The van der Waals surface area contributed by atoms with Crippen molar-refractivity contribution in [3.8, 4) is 0 Å². The molecule has 0 radical (unpaired) electrons. The van der Waals surface area contributed by atoms with E-state index in [4.69, 9.17) is 0 Å². The molecule has 2 saturated carbocycles. The van der Waals surface area contributed by atoms with Gasteiger partial charge in [0.2, 0.25) is 17.7 Å². The summed E-state index contributed by atoms with van der Waals surface area (Å²) in [6.45, 7) is 5.85. The van der Waals surface area contributed by atoms with Gasteiger partial charge in [0.25, 0.3) is 5.91 Å². The van der Waals surface area contributed by atoms with Gasteiger partial charge in [0.15, 0.2) is 0 Å². The van der Waals surface area contributed by atoms with E-state index in [-0.39, 0.29) is 42.4 Å². The maximum Gasteiger partial charge on any atom is 0.256 e. The number of rotatable bonds is 9. The molecular weight excluding hydrogens is 428 g/mol. The fraction of sp³-hybridized carbons (Fsp3) is 0.739. The Balaban J connectivity index is 1.31. The van der Waals surface area contributed by atoms with Crippen molar-refractivity contribution in [2.45, 2.75) is 81.0 Å². The molecule has 4 rings (SSSR count). The summed E-state index contributed by atoms with van der Waals surface area (Å²) < 4.78 is 2.90. The Morgan fingerprint density at radius 2 is 1.69 bits per heavy atom. The number of nitrogens with zero attached hydrogens (tertiary/aromatic N) is 2. The number of hydrogen-bond donors (Lipinski definition) is 2. The Morgan fingerprint density at radius 3 is 2.34 bits per heavy atom. The molecule has 0 aromatic carbocycles. The van der Waals surface area contributed by atoms with Crippen molar-refractivity contribution >= 4 is 35.6 Å². The minimum Gasteiger partial charge on any atom is -0.343 e.